The van der Waals surface area contributed by atoms with Gasteiger partial charge in [-0.15, -0.1) is 0 Å². The molecule has 0 bridgehead atoms. The van der Waals surface area contributed by atoms with Gasteiger partial charge in [0.1, 0.15) is 5.82 Å². The first-order chi connectivity index (χ1) is 15.1. The van der Waals surface area contributed by atoms with Crippen LogP contribution in [0.1, 0.15) is 53.8 Å². The van der Waals surface area contributed by atoms with E-state index in [4.69, 9.17) is 12.2 Å². The molecule has 2 saturated heterocycles. The molecule has 0 radical (unpaired) electrons. The summed E-state index contributed by atoms with van der Waals surface area (Å²) in [6.07, 6.45) is 0.598. The zero-order valence-corrected chi connectivity index (χ0v) is 20.5. The van der Waals surface area contributed by atoms with Crippen LogP contribution in [0.25, 0.3) is 0 Å². The minimum absolute atomic E-state index is 0.0686. The van der Waals surface area contributed by atoms with Gasteiger partial charge >= 0.3 is 0 Å². The molecule has 32 heavy (non-hydrogen) atoms. The predicted molar refractivity (Wildman–Crippen MR) is 126 cm³/mol. The number of carbonyl (C=O) groups excluding carboxylic acids is 1. The van der Waals surface area contributed by atoms with Crippen molar-refractivity contribution < 1.29 is 13.2 Å². The van der Waals surface area contributed by atoms with E-state index in [2.05, 4.69) is 23.8 Å². The normalized spacial score (nSPS) is 21.4. The van der Waals surface area contributed by atoms with Crippen molar-refractivity contribution in [3.63, 3.8) is 0 Å². The fraction of sp³-hybridized carbons (Fsp3) is 0.591. The minimum Gasteiger partial charge on any atom is -0.336 e. The maximum Gasteiger partial charge on any atom is 0.253 e. The Balaban J connectivity index is 1.37. The molecule has 174 valence electrons. The molecule has 2 aromatic rings. The number of amides is 1. The molecule has 2 aliphatic heterocycles. The van der Waals surface area contributed by atoms with Gasteiger partial charge in [0.05, 0.1) is 18.2 Å². The number of hydrogen-bond donors (Lipinski definition) is 0. The number of sulfone groups is 1. The fourth-order valence-electron chi connectivity index (χ4n) is 4.43. The zero-order chi connectivity index (χ0) is 23.0. The van der Waals surface area contributed by atoms with Crippen LogP contribution in [0.2, 0.25) is 0 Å². The van der Waals surface area contributed by atoms with Gasteiger partial charge in [-0.05, 0) is 42.3 Å². The topological polar surface area (TPSA) is 80.4 Å². The van der Waals surface area contributed by atoms with E-state index in [-0.39, 0.29) is 23.3 Å². The van der Waals surface area contributed by atoms with Gasteiger partial charge < -0.3 is 9.47 Å². The summed E-state index contributed by atoms with van der Waals surface area (Å²) in [5, 5.41) is 4.66. The van der Waals surface area contributed by atoms with E-state index in [1.54, 1.807) is 4.68 Å². The van der Waals surface area contributed by atoms with Crippen LogP contribution >= 0.6 is 12.2 Å². The summed E-state index contributed by atoms with van der Waals surface area (Å²) in [5.74, 6) is 1.52. The molecule has 0 N–H and O–H groups in total. The van der Waals surface area contributed by atoms with Crippen LogP contribution in [0.15, 0.2) is 24.3 Å². The Morgan fingerprint density at radius 2 is 1.81 bits per heavy atom. The van der Waals surface area contributed by atoms with Gasteiger partial charge in [0.25, 0.3) is 5.91 Å². The summed E-state index contributed by atoms with van der Waals surface area (Å²) in [4.78, 5) is 17.0. The van der Waals surface area contributed by atoms with Gasteiger partial charge in [0.2, 0.25) is 0 Å². The summed E-state index contributed by atoms with van der Waals surface area (Å²) >= 11 is 5.56. The van der Waals surface area contributed by atoms with Crippen molar-refractivity contribution in [2.75, 3.05) is 37.7 Å². The molecule has 2 fully saturated rings. The van der Waals surface area contributed by atoms with Crippen LogP contribution in [-0.4, -0.2) is 76.2 Å². The van der Waals surface area contributed by atoms with Crippen LogP contribution in [0.5, 0.6) is 0 Å². The molecule has 1 aromatic heterocycles. The lowest BCUT2D eigenvalue weighted by Crippen LogP contribution is -2.49. The SMILES string of the molecule is CC(C)c1ccc(C(=O)N2CCN(Cn3nc(C4CCS(=O)(=O)C4)n(C)c3=S)CC2)cc1. The van der Waals surface area contributed by atoms with Gasteiger partial charge in [-0.25, -0.2) is 13.1 Å². The van der Waals surface area contributed by atoms with E-state index in [1.165, 1.54) is 5.56 Å². The largest absolute Gasteiger partial charge is 0.336 e. The second kappa shape index (κ2) is 9.07. The second-order valence-electron chi connectivity index (χ2n) is 9.13. The summed E-state index contributed by atoms with van der Waals surface area (Å²) in [5.41, 5.74) is 1.96. The standard InChI is InChI=1S/C22H31N5O3S2/c1-16(2)17-4-6-18(7-5-17)21(28)26-11-9-25(10-12-26)15-27-22(31)24(3)20(23-27)19-8-13-32(29,30)14-19/h4-7,16,19H,8-15H2,1-3H3. The molecule has 10 heteroatoms. The van der Waals surface area contributed by atoms with Gasteiger partial charge in [0.15, 0.2) is 14.6 Å². The second-order valence-corrected chi connectivity index (χ2v) is 11.7. The van der Waals surface area contributed by atoms with Crippen LogP contribution in [0.4, 0.5) is 0 Å². The van der Waals surface area contributed by atoms with E-state index >= 15 is 0 Å². The summed E-state index contributed by atoms with van der Waals surface area (Å²) < 4.78 is 27.9. The van der Waals surface area contributed by atoms with Crippen molar-refractivity contribution in [3.8, 4) is 0 Å². The lowest BCUT2D eigenvalue weighted by atomic mass is 10.0. The van der Waals surface area contributed by atoms with Gasteiger partial charge in [-0.1, -0.05) is 26.0 Å². The summed E-state index contributed by atoms with van der Waals surface area (Å²) in [6.45, 7) is 7.60. The van der Waals surface area contributed by atoms with E-state index in [0.717, 1.165) is 24.5 Å². The highest BCUT2D eigenvalue weighted by atomic mass is 32.2. The Kier molecular flexibility index (Phi) is 6.56. The molecule has 1 aromatic carbocycles. The molecule has 8 nitrogen and oxygen atoms in total. The molecule has 1 amide bonds. The molecule has 1 unspecified atom stereocenters. The number of rotatable bonds is 5. The van der Waals surface area contributed by atoms with Crippen LogP contribution in [0, 0.1) is 4.77 Å². The first-order valence-electron chi connectivity index (χ1n) is 11.1. The van der Waals surface area contributed by atoms with Crippen LogP contribution in [0.3, 0.4) is 0 Å². The van der Waals surface area contributed by atoms with Crippen molar-refractivity contribution in [2.24, 2.45) is 7.05 Å². The molecule has 3 heterocycles. The highest BCUT2D eigenvalue weighted by Gasteiger charge is 2.32. The fourth-order valence-corrected chi connectivity index (χ4v) is 6.36. The third-order valence-corrected chi connectivity index (χ3v) is 8.74. The van der Waals surface area contributed by atoms with Crippen LogP contribution in [-0.2, 0) is 23.6 Å². The number of aromatic nitrogens is 3. The van der Waals surface area contributed by atoms with E-state index in [0.29, 0.717) is 36.9 Å². The smallest absolute Gasteiger partial charge is 0.253 e. The lowest BCUT2D eigenvalue weighted by Gasteiger charge is -2.34. The maximum absolute atomic E-state index is 12.9. The van der Waals surface area contributed by atoms with Crippen molar-refractivity contribution in [2.45, 2.75) is 38.8 Å². The number of hydrogen-bond acceptors (Lipinski definition) is 6. The van der Waals surface area contributed by atoms with Crippen molar-refractivity contribution >= 4 is 28.0 Å². The molecule has 1 atom stereocenters. The van der Waals surface area contributed by atoms with Gasteiger partial charge in [-0.2, -0.15) is 5.10 Å². The Morgan fingerprint density at radius 1 is 1.16 bits per heavy atom. The monoisotopic (exact) mass is 477 g/mol. The maximum atomic E-state index is 12.9. The number of carbonyl (C=O) groups is 1. The molecule has 0 spiro atoms. The summed E-state index contributed by atoms with van der Waals surface area (Å²) in [6, 6.07) is 7.90. The zero-order valence-electron chi connectivity index (χ0n) is 18.9. The van der Waals surface area contributed by atoms with Gasteiger partial charge in [-0.3, -0.25) is 9.69 Å². The van der Waals surface area contributed by atoms with Crippen molar-refractivity contribution in [1.29, 1.82) is 0 Å². The third-order valence-electron chi connectivity index (χ3n) is 6.49. The minimum atomic E-state index is -2.98. The Labute approximate surface area is 194 Å². The molecule has 4 rings (SSSR count). The highest BCUT2D eigenvalue weighted by molar-refractivity contribution is 7.91. The number of piperazine rings is 1. The van der Waals surface area contributed by atoms with E-state index in [9.17, 15) is 13.2 Å². The van der Waals surface area contributed by atoms with Gasteiger partial charge in [0, 0.05) is 44.7 Å². The summed E-state index contributed by atoms with van der Waals surface area (Å²) in [7, 11) is -1.13. The Hall–Kier alpha value is -2.04. The number of benzene rings is 1. The Morgan fingerprint density at radius 3 is 2.38 bits per heavy atom. The van der Waals surface area contributed by atoms with E-state index < -0.39 is 9.84 Å². The average molecular weight is 478 g/mol. The molecule has 0 aliphatic carbocycles. The van der Waals surface area contributed by atoms with Crippen molar-refractivity contribution in [1.82, 2.24) is 24.1 Å². The third kappa shape index (κ3) is 4.82. The number of nitrogens with zero attached hydrogens (tertiary/aromatic N) is 5. The average Bonchev–Trinajstić information content (AvgIpc) is 3.27. The van der Waals surface area contributed by atoms with Crippen molar-refractivity contribution in [3.05, 3.63) is 46.0 Å². The molecular formula is C22H31N5O3S2. The first kappa shape index (κ1) is 23.1. The highest BCUT2D eigenvalue weighted by Crippen LogP contribution is 2.27. The molecule has 0 saturated carbocycles. The molecule has 2 aliphatic rings. The lowest BCUT2D eigenvalue weighted by molar-refractivity contribution is 0.0585. The predicted octanol–water partition coefficient (Wildman–Crippen LogP) is 2.39. The van der Waals surface area contributed by atoms with Crippen LogP contribution < -0.4 is 0 Å². The van der Waals surface area contributed by atoms with E-state index in [1.807, 2.05) is 40.8 Å². The molecular weight excluding hydrogens is 446 g/mol. The first-order valence-corrected chi connectivity index (χ1v) is 13.3. The quantitative estimate of drug-likeness (QED) is 0.615. The Bertz CT molecular complexity index is 1140.